The van der Waals surface area contributed by atoms with Crippen molar-refractivity contribution >= 4 is 27.8 Å². The first-order valence-corrected chi connectivity index (χ1v) is 11.8. The molecule has 0 bridgehead atoms. The smallest absolute Gasteiger partial charge is 0.0163 e. The van der Waals surface area contributed by atoms with Crippen LogP contribution in [0.25, 0.3) is 0 Å². The third-order valence-electron chi connectivity index (χ3n) is 4.84. The van der Waals surface area contributed by atoms with Crippen LogP contribution in [0.1, 0.15) is 22.4 Å². The summed E-state index contributed by atoms with van der Waals surface area (Å²) in [7, 11) is 1.48. The SMILES string of the molecule is c1ccc(PC(c2ccccc2)C(Pc2ccccc2)c2ccccc2)cc1. The fourth-order valence-corrected chi connectivity index (χ4v) is 6.89. The Balaban J connectivity index is 1.76. The summed E-state index contributed by atoms with van der Waals surface area (Å²) in [5, 5.41) is 2.85. The minimum absolute atomic E-state index is 0.463. The topological polar surface area (TPSA) is 0 Å². The molecule has 4 atom stereocenters. The van der Waals surface area contributed by atoms with Crippen LogP contribution in [0.2, 0.25) is 0 Å². The van der Waals surface area contributed by atoms with Crippen LogP contribution in [0.5, 0.6) is 0 Å². The summed E-state index contributed by atoms with van der Waals surface area (Å²) in [5.41, 5.74) is 3.79. The fraction of sp³-hybridized carbons (Fsp3) is 0.0769. The van der Waals surface area contributed by atoms with Gasteiger partial charge in [-0.1, -0.05) is 138 Å². The van der Waals surface area contributed by atoms with Gasteiger partial charge in [-0.25, -0.2) is 0 Å². The highest BCUT2D eigenvalue weighted by Crippen LogP contribution is 2.53. The molecule has 4 unspecified atom stereocenters. The Hall–Kier alpha value is -2.26. The van der Waals surface area contributed by atoms with Gasteiger partial charge in [0.2, 0.25) is 0 Å². The Morgan fingerprint density at radius 1 is 0.357 bits per heavy atom. The second kappa shape index (κ2) is 9.79. The first-order chi connectivity index (χ1) is 13.9. The highest BCUT2D eigenvalue weighted by Gasteiger charge is 2.25. The summed E-state index contributed by atoms with van der Waals surface area (Å²) in [6.45, 7) is 0. The molecule has 0 aliphatic carbocycles. The summed E-state index contributed by atoms with van der Waals surface area (Å²) in [6.07, 6.45) is 0. The van der Waals surface area contributed by atoms with Gasteiger partial charge in [0.1, 0.15) is 0 Å². The van der Waals surface area contributed by atoms with Crippen molar-refractivity contribution in [2.45, 2.75) is 11.3 Å². The van der Waals surface area contributed by atoms with Crippen LogP contribution >= 0.6 is 17.2 Å². The molecule has 0 nitrogen and oxygen atoms in total. The Morgan fingerprint density at radius 3 is 0.964 bits per heavy atom. The molecule has 28 heavy (non-hydrogen) atoms. The van der Waals surface area contributed by atoms with E-state index in [-0.39, 0.29) is 0 Å². The molecule has 0 radical (unpaired) electrons. The number of hydrogen-bond donors (Lipinski definition) is 0. The third-order valence-corrected chi connectivity index (χ3v) is 8.46. The molecular formula is C26H24P2. The number of benzene rings is 4. The molecule has 0 saturated carbocycles. The van der Waals surface area contributed by atoms with Crippen molar-refractivity contribution < 1.29 is 0 Å². The van der Waals surface area contributed by atoms with E-state index in [1.807, 2.05) is 0 Å². The van der Waals surface area contributed by atoms with Crippen LogP contribution in [0.4, 0.5) is 0 Å². The molecule has 0 N–H and O–H groups in total. The first-order valence-electron chi connectivity index (χ1n) is 9.63. The minimum Gasteiger partial charge on any atom is -0.0817 e. The first kappa shape index (κ1) is 19.1. The Labute approximate surface area is 171 Å². The van der Waals surface area contributed by atoms with E-state index in [0.29, 0.717) is 11.3 Å². The van der Waals surface area contributed by atoms with Crippen LogP contribution in [0, 0.1) is 0 Å². The van der Waals surface area contributed by atoms with Crippen molar-refractivity contribution in [3.8, 4) is 0 Å². The molecule has 0 amide bonds. The van der Waals surface area contributed by atoms with Crippen LogP contribution in [0.3, 0.4) is 0 Å². The maximum Gasteiger partial charge on any atom is 0.0163 e. The molecule has 0 fully saturated rings. The largest absolute Gasteiger partial charge is 0.0817 e. The van der Waals surface area contributed by atoms with Crippen LogP contribution in [0.15, 0.2) is 121 Å². The van der Waals surface area contributed by atoms with Gasteiger partial charge in [-0.3, -0.25) is 0 Å². The van der Waals surface area contributed by atoms with Gasteiger partial charge in [0.15, 0.2) is 0 Å². The Morgan fingerprint density at radius 2 is 0.643 bits per heavy atom. The molecule has 2 heteroatoms. The molecule has 0 heterocycles. The second-order valence-electron chi connectivity index (χ2n) is 6.80. The zero-order valence-electron chi connectivity index (χ0n) is 15.7. The molecule has 4 aromatic carbocycles. The molecule has 0 aliphatic heterocycles. The van der Waals surface area contributed by atoms with Gasteiger partial charge in [0.25, 0.3) is 0 Å². The standard InChI is InChI=1S/C26H24P2/c1-5-13-21(14-6-1)25(27-23-17-9-3-10-18-23)26(22-15-7-2-8-16-22)28-24-19-11-4-12-20-24/h1-20,25-28H. The summed E-state index contributed by atoms with van der Waals surface area (Å²) < 4.78 is 0. The molecule has 4 rings (SSSR count). The lowest BCUT2D eigenvalue weighted by Crippen LogP contribution is -2.10. The van der Waals surface area contributed by atoms with Crippen molar-refractivity contribution in [1.29, 1.82) is 0 Å². The Bertz CT molecular complexity index is 871. The molecular weight excluding hydrogens is 374 g/mol. The van der Waals surface area contributed by atoms with Gasteiger partial charge in [-0.2, -0.15) is 0 Å². The van der Waals surface area contributed by atoms with Crippen molar-refractivity contribution in [3.63, 3.8) is 0 Å². The maximum atomic E-state index is 2.30. The monoisotopic (exact) mass is 398 g/mol. The molecule has 138 valence electrons. The highest BCUT2D eigenvalue weighted by molar-refractivity contribution is 7.52. The van der Waals surface area contributed by atoms with E-state index in [2.05, 4.69) is 121 Å². The normalized spacial score (nSPS) is 13.9. The van der Waals surface area contributed by atoms with Crippen molar-refractivity contribution in [2.75, 3.05) is 0 Å². The highest BCUT2D eigenvalue weighted by atomic mass is 31.1. The lowest BCUT2D eigenvalue weighted by molar-refractivity contribution is 0.899. The summed E-state index contributed by atoms with van der Waals surface area (Å²) >= 11 is 0. The average Bonchev–Trinajstić information content (AvgIpc) is 2.79. The lowest BCUT2D eigenvalue weighted by atomic mass is 10.0. The van der Waals surface area contributed by atoms with Crippen molar-refractivity contribution in [3.05, 3.63) is 132 Å². The predicted octanol–water partition coefficient (Wildman–Crippen LogP) is 6.48. The zero-order chi connectivity index (χ0) is 19.0. The minimum atomic E-state index is 0.463. The van der Waals surface area contributed by atoms with E-state index in [1.165, 1.54) is 21.7 Å². The zero-order valence-corrected chi connectivity index (χ0v) is 17.7. The van der Waals surface area contributed by atoms with Crippen LogP contribution in [-0.2, 0) is 0 Å². The third kappa shape index (κ3) is 4.96. The number of hydrogen-bond acceptors (Lipinski definition) is 0. The van der Waals surface area contributed by atoms with Gasteiger partial charge >= 0.3 is 0 Å². The molecule has 0 aliphatic rings. The fourth-order valence-electron chi connectivity index (χ4n) is 3.47. The van der Waals surface area contributed by atoms with Crippen LogP contribution in [-0.4, -0.2) is 0 Å². The van der Waals surface area contributed by atoms with Gasteiger partial charge in [0, 0.05) is 11.3 Å². The average molecular weight is 398 g/mol. The van der Waals surface area contributed by atoms with E-state index in [0.717, 1.165) is 17.2 Å². The molecule has 0 spiro atoms. The second-order valence-corrected chi connectivity index (χ2v) is 9.77. The van der Waals surface area contributed by atoms with Crippen molar-refractivity contribution in [2.24, 2.45) is 0 Å². The van der Waals surface area contributed by atoms with Gasteiger partial charge in [0.05, 0.1) is 0 Å². The Kier molecular flexibility index (Phi) is 6.67. The van der Waals surface area contributed by atoms with E-state index in [4.69, 9.17) is 0 Å². The van der Waals surface area contributed by atoms with Gasteiger partial charge in [-0.15, -0.1) is 0 Å². The van der Waals surface area contributed by atoms with Gasteiger partial charge in [-0.05, 0) is 21.7 Å². The summed E-state index contributed by atoms with van der Waals surface area (Å²) in [5.74, 6) is 0. The predicted molar refractivity (Wildman–Crippen MR) is 127 cm³/mol. The van der Waals surface area contributed by atoms with Crippen LogP contribution < -0.4 is 10.6 Å². The molecule has 0 saturated heterocycles. The van der Waals surface area contributed by atoms with E-state index in [9.17, 15) is 0 Å². The molecule has 0 aromatic heterocycles. The maximum absolute atomic E-state index is 2.30. The van der Waals surface area contributed by atoms with Crippen molar-refractivity contribution in [1.82, 2.24) is 0 Å². The summed E-state index contributed by atoms with van der Waals surface area (Å²) in [4.78, 5) is 0. The van der Waals surface area contributed by atoms with E-state index >= 15 is 0 Å². The quantitative estimate of drug-likeness (QED) is 0.313. The lowest BCUT2D eigenvalue weighted by Gasteiger charge is -2.29. The van der Waals surface area contributed by atoms with E-state index < -0.39 is 0 Å². The molecule has 4 aromatic rings. The van der Waals surface area contributed by atoms with Gasteiger partial charge < -0.3 is 0 Å². The van der Waals surface area contributed by atoms with E-state index in [1.54, 1.807) is 0 Å². The summed E-state index contributed by atoms with van der Waals surface area (Å²) in [6, 6.07) is 44.0. The number of rotatable bonds is 7.